The molecule has 0 aliphatic heterocycles. The number of nitrogens with one attached hydrogen (secondary N) is 2. The predicted molar refractivity (Wildman–Crippen MR) is 129 cm³/mol. The number of rotatable bonds is 11. The van der Waals surface area contributed by atoms with Crippen LogP contribution in [-0.2, 0) is 11.3 Å². The van der Waals surface area contributed by atoms with Gasteiger partial charge >= 0.3 is 0 Å². The van der Waals surface area contributed by atoms with Crippen LogP contribution in [0.25, 0.3) is 0 Å². The maximum absolute atomic E-state index is 5.91. The van der Waals surface area contributed by atoms with Crippen LogP contribution in [0.4, 0.5) is 0 Å². The SMILES string of the molecule is CCOCCOc1cc(C)ccc1CNC(=NC)NCC(C)(C)CN(C)C.I. The highest BCUT2D eigenvalue weighted by atomic mass is 127. The normalized spacial score (nSPS) is 11.9. The van der Waals surface area contributed by atoms with Crippen LogP contribution in [-0.4, -0.2) is 64.9 Å². The van der Waals surface area contributed by atoms with E-state index < -0.39 is 0 Å². The highest BCUT2D eigenvalue weighted by Gasteiger charge is 2.19. The van der Waals surface area contributed by atoms with Gasteiger partial charge in [-0.05, 0) is 45.0 Å². The minimum Gasteiger partial charge on any atom is -0.491 e. The van der Waals surface area contributed by atoms with Crippen LogP contribution in [0.3, 0.4) is 0 Å². The number of nitrogens with zero attached hydrogens (tertiary/aromatic N) is 2. The molecule has 0 unspecified atom stereocenters. The summed E-state index contributed by atoms with van der Waals surface area (Å²) in [4.78, 5) is 6.54. The maximum atomic E-state index is 5.91. The van der Waals surface area contributed by atoms with E-state index in [1.54, 1.807) is 7.05 Å². The van der Waals surface area contributed by atoms with Gasteiger partial charge in [0.05, 0.1) is 6.61 Å². The van der Waals surface area contributed by atoms with Gasteiger partial charge in [0, 0.05) is 38.9 Å². The predicted octanol–water partition coefficient (Wildman–Crippen LogP) is 3.28. The minimum absolute atomic E-state index is 0. The molecule has 0 fully saturated rings. The Morgan fingerprint density at radius 3 is 2.50 bits per heavy atom. The van der Waals surface area contributed by atoms with Crippen molar-refractivity contribution in [1.82, 2.24) is 15.5 Å². The van der Waals surface area contributed by atoms with Gasteiger partial charge in [-0.1, -0.05) is 26.0 Å². The third-order valence-electron chi connectivity index (χ3n) is 4.06. The summed E-state index contributed by atoms with van der Waals surface area (Å²) >= 11 is 0. The van der Waals surface area contributed by atoms with E-state index in [2.05, 4.69) is 73.6 Å². The van der Waals surface area contributed by atoms with Crippen LogP contribution in [0.1, 0.15) is 31.9 Å². The highest BCUT2D eigenvalue weighted by molar-refractivity contribution is 14.0. The smallest absolute Gasteiger partial charge is 0.191 e. The fourth-order valence-electron chi connectivity index (χ4n) is 2.93. The Hall–Kier alpha value is -1.06. The number of aliphatic imine (C=N–C) groups is 1. The van der Waals surface area contributed by atoms with E-state index in [0.717, 1.165) is 30.4 Å². The molecule has 0 aromatic heterocycles. The van der Waals surface area contributed by atoms with Gasteiger partial charge in [0.2, 0.25) is 0 Å². The van der Waals surface area contributed by atoms with Crippen molar-refractivity contribution in [2.24, 2.45) is 10.4 Å². The van der Waals surface area contributed by atoms with Crippen LogP contribution >= 0.6 is 24.0 Å². The van der Waals surface area contributed by atoms with Crippen molar-refractivity contribution in [3.8, 4) is 5.75 Å². The summed E-state index contributed by atoms with van der Waals surface area (Å²) in [6.07, 6.45) is 0. The van der Waals surface area contributed by atoms with Gasteiger partial charge in [0.15, 0.2) is 5.96 Å². The van der Waals surface area contributed by atoms with Crippen molar-refractivity contribution in [1.29, 1.82) is 0 Å². The molecule has 28 heavy (non-hydrogen) atoms. The zero-order valence-corrected chi connectivity index (χ0v) is 20.9. The van der Waals surface area contributed by atoms with E-state index in [-0.39, 0.29) is 29.4 Å². The number of halogens is 1. The van der Waals surface area contributed by atoms with Crippen molar-refractivity contribution in [3.63, 3.8) is 0 Å². The minimum atomic E-state index is 0. The van der Waals surface area contributed by atoms with Gasteiger partial charge in [-0.3, -0.25) is 4.99 Å². The van der Waals surface area contributed by atoms with E-state index in [1.165, 1.54) is 5.56 Å². The van der Waals surface area contributed by atoms with Crippen molar-refractivity contribution < 1.29 is 9.47 Å². The Morgan fingerprint density at radius 1 is 1.18 bits per heavy atom. The van der Waals surface area contributed by atoms with Gasteiger partial charge < -0.3 is 25.0 Å². The topological polar surface area (TPSA) is 58.1 Å². The number of hydrogen-bond acceptors (Lipinski definition) is 4. The standard InChI is InChI=1S/C21H38N4O2.HI/c1-8-26-11-12-27-19-13-17(2)9-10-18(19)14-23-20(22-5)24-15-21(3,4)16-25(6)7;/h9-10,13H,8,11-12,14-16H2,1-7H3,(H2,22,23,24);1H. The molecule has 0 aliphatic rings. The average Bonchev–Trinajstić information content (AvgIpc) is 2.59. The maximum Gasteiger partial charge on any atom is 0.191 e. The molecule has 0 saturated heterocycles. The molecule has 1 rings (SSSR count). The molecule has 1 aromatic rings. The lowest BCUT2D eigenvalue weighted by atomic mass is 9.93. The Morgan fingerprint density at radius 2 is 1.89 bits per heavy atom. The second kappa shape index (κ2) is 14.0. The summed E-state index contributed by atoms with van der Waals surface area (Å²) in [5.41, 5.74) is 2.43. The van der Waals surface area contributed by atoms with Crippen LogP contribution < -0.4 is 15.4 Å². The highest BCUT2D eigenvalue weighted by Crippen LogP contribution is 2.20. The fourth-order valence-corrected chi connectivity index (χ4v) is 2.93. The molecular formula is C21H39IN4O2. The van der Waals surface area contributed by atoms with Crippen molar-refractivity contribution in [3.05, 3.63) is 29.3 Å². The Kier molecular flexibility index (Phi) is 13.5. The molecule has 0 amide bonds. The molecule has 0 radical (unpaired) electrons. The molecule has 7 heteroatoms. The molecule has 0 heterocycles. The summed E-state index contributed by atoms with van der Waals surface area (Å²) < 4.78 is 11.3. The van der Waals surface area contributed by atoms with Gasteiger partial charge in [0.1, 0.15) is 12.4 Å². The first kappa shape index (κ1) is 26.9. The molecular weight excluding hydrogens is 467 g/mol. The van der Waals surface area contributed by atoms with Gasteiger partial charge in [0.25, 0.3) is 0 Å². The summed E-state index contributed by atoms with van der Waals surface area (Å²) in [7, 11) is 5.99. The number of hydrogen-bond donors (Lipinski definition) is 2. The first-order valence-corrected chi connectivity index (χ1v) is 9.66. The average molecular weight is 506 g/mol. The van der Waals surface area contributed by atoms with Crippen molar-refractivity contribution in [2.45, 2.75) is 34.2 Å². The quantitative estimate of drug-likeness (QED) is 0.209. The van der Waals surface area contributed by atoms with Crippen LogP contribution in [0.15, 0.2) is 23.2 Å². The van der Waals surface area contributed by atoms with Gasteiger partial charge in [-0.25, -0.2) is 0 Å². The molecule has 0 atom stereocenters. The molecule has 2 N–H and O–H groups in total. The second-order valence-electron chi connectivity index (χ2n) is 7.84. The third kappa shape index (κ3) is 11.1. The lowest BCUT2D eigenvalue weighted by Gasteiger charge is -2.29. The molecule has 162 valence electrons. The van der Waals surface area contributed by atoms with E-state index in [1.807, 2.05) is 6.92 Å². The Bertz CT molecular complexity index is 592. The molecule has 0 saturated carbocycles. The van der Waals surface area contributed by atoms with E-state index in [4.69, 9.17) is 9.47 Å². The first-order chi connectivity index (χ1) is 12.8. The summed E-state index contributed by atoms with van der Waals surface area (Å²) in [5.74, 6) is 1.69. The first-order valence-electron chi connectivity index (χ1n) is 9.66. The summed E-state index contributed by atoms with van der Waals surface area (Å²) in [6.45, 7) is 12.9. The molecule has 6 nitrogen and oxygen atoms in total. The lowest BCUT2D eigenvalue weighted by molar-refractivity contribution is 0.110. The zero-order chi connectivity index (χ0) is 20.3. The van der Waals surface area contributed by atoms with Gasteiger partial charge in [-0.15, -0.1) is 24.0 Å². The largest absolute Gasteiger partial charge is 0.491 e. The van der Waals surface area contributed by atoms with E-state index in [9.17, 15) is 0 Å². The van der Waals surface area contributed by atoms with Crippen LogP contribution in [0.2, 0.25) is 0 Å². The van der Waals surface area contributed by atoms with Crippen molar-refractivity contribution in [2.75, 3.05) is 54.1 Å². The Labute approximate surface area is 188 Å². The third-order valence-corrected chi connectivity index (χ3v) is 4.06. The van der Waals surface area contributed by atoms with Crippen molar-refractivity contribution >= 4 is 29.9 Å². The second-order valence-corrected chi connectivity index (χ2v) is 7.84. The molecule has 0 aliphatic carbocycles. The fraction of sp³-hybridized carbons (Fsp3) is 0.667. The Balaban J connectivity index is 0.00000729. The molecule has 0 bridgehead atoms. The number of ether oxygens (including phenoxy) is 2. The zero-order valence-electron chi connectivity index (χ0n) is 18.6. The summed E-state index contributed by atoms with van der Waals surface area (Å²) in [6, 6.07) is 6.27. The monoisotopic (exact) mass is 506 g/mol. The molecule has 1 aromatic carbocycles. The number of guanidine groups is 1. The van der Waals surface area contributed by atoms with Crippen LogP contribution in [0.5, 0.6) is 5.75 Å². The number of benzene rings is 1. The molecule has 0 spiro atoms. The number of aryl methyl sites for hydroxylation is 1. The van der Waals surface area contributed by atoms with E-state index in [0.29, 0.717) is 26.4 Å². The summed E-state index contributed by atoms with van der Waals surface area (Å²) in [5, 5.41) is 6.81. The van der Waals surface area contributed by atoms with Gasteiger partial charge in [-0.2, -0.15) is 0 Å². The lowest BCUT2D eigenvalue weighted by Crippen LogP contribution is -2.44. The van der Waals surface area contributed by atoms with Crippen LogP contribution in [0, 0.1) is 12.3 Å². The van der Waals surface area contributed by atoms with E-state index >= 15 is 0 Å².